The molecule has 0 aliphatic heterocycles. The summed E-state index contributed by atoms with van der Waals surface area (Å²) in [4.78, 5) is 12.6. The van der Waals surface area contributed by atoms with Crippen LogP contribution in [0.15, 0.2) is 40.9 Å². The first-order valence-electron chi connectivity index (χ1n) is 6.26. The Labute approximate surface area is 131 Å². The molecule has 0 heterocycles. The van der Waals surface area contributed by atoms with Gasteiger partial charge in [-0.3, -0.25) is 4.79 Å². The summed E-state index contributed by atoms with van der Waals surface area (Å²) in [6.45, 7) is 4.29. The summed E-state index contributed by atoms with van der Waals surface area (Å²) < 4.78 is 6.36. The van der Waals surface area contributed by atoms with Crippen LogP contribution in [0.3, 0.4) is 0 Å². The van der Waals surface area contributed by atoms with E-state index in [1.165, 1.54) is 0 Å². The smallest absolute Gasteiger partial charge is 0.196 e. The molecular formula is C16H14BrClO2. The number of carbonyl (C=O) groups is 1. The maximum atomic E-state index is 12.6. The second kappa shape index (κ2) is 6.42. The second-order valence-corrected chi connectivity index (χ2v) is 5.69. The van der Waals surface area contributed by atoms with E-state index in [4.69, 9.17) is 16.3 Å². The van der Waals surface area contributed by atoms with Gasteiger partial charge in [-0.2, -0.15) is 0 Å². The first kappa shape index (κ1) is 15.1. The second-order valence-electron chi connectivity index (χ2n) is 4.37. The molecule has 0 saturated carbocycles. The normalized spacial score (nSPS) is 10.4. The summed E-state index contributed by atoms with van der Waals surface area (Å²) in [6.07, 6.45) is 0. The van der Waals surface area contributed by atoms with Crippen molar-refractivity contribution in [1.82, 2.24) is 0 Å². The maximum Gasteiger partial charge on any atom is 0.196 e. The van der Waals surface area contributed by atoms with Crippen molar-refractivity contribution in [2.75, 3.05) is 6.61 Å². The Morgan fingerprint density at radius 2 is 2.00 bits per heavy atom. The van der Waals surface area contributed by atoms with E-state index < -0.39 is 0 Å². The van der Waals surface area contributed by atoms with Gasteiger partial charge in [-0.15, -0.1) is 0 Å². The number of ketones is 1. The van der Waals surface area contributed by atoms with Crippen LogP contribution in [0.1, 0.15) is 28.4 Å². The quantitative estimate of drug-likeness (QED) is 0.720. The lowest BCUT2D eigenvalue weighted by Crippen LogP contribution is -2.06. The lowest BCUT2D eigenvalue weighted by Gasteiger charge is -2.10. The van der Waals surface area contributed by atoms with Gasteiger partial charge in [-0.1, -0.05) is 27.5 Å². The number of ether oxygens (including phenoxy) is 1. The van der Waals surface area contributed by atoms with Gasteiger partial charge < -0.3 is 4.74 Å². The van der Waals surface area contributed by atoms with Gasteiger partial charge in [-0.25, -0.2) is 0 Å². The molecule has 0 aliphatic carbocycles. The summed E-state index contributed by atoms with van der Waals surface area (Å²) >= 11 is 9.38. The Hall–Kier alpha value is -1.32. The van der Waals surface area contributed by atoms with Gasteiger partial charge in [0.05, 0.1) is 12.2 Å². The van der Waals surface area contributed by atoms with Gasteiger partial charge in [0, 0.05) is 15.1 Å². The van der Waals surface area contributed by atoms with Crippen LogP contribution in [0.25, 0.3) is 0 Å². The highest BCUT2D eigenvalue weighted by Crippen LogP contribution is 2.27. The van der Waals surface area contributed by atoms with E-state index in [1.807, 2.05) is 19.9 Å². The number of benzene rings is 2. The van der Waals surface area contributed by atoms with Gasteiger partial charge >= 0.3 is 0 Å². The molecule has 0 atom stereocenters. The Balaban J connectivity index is 2.46. The summed E-state index contributed by atoms with van der Waals surface area (Å²) in [5.41, 5.74) is 2.03. The molecule has 0 unspecified atom stereocenters. The fourth-order valence-electron chi connectivity index (χ4n) is 1.90. The number of rotatable bonds is 4. The molecule has 0 aliphatic rings. The number of halogens is 2. The van der Waals surface area contributed by atoms with Gasteiger partial charge in [0.15, 0.2) is 5.78 Å². The summed E-state index contributed by atoms with van der Waals surface area (Å²) in [6, 6.07) is 10.7. The fourth-order valence-corrected chi connectivity index (χ4v) is 2.38. The van der Waals surface area contributed by atoms with E-state index in [2.05, 4.69) is 15.9 Å². The zero-order chi connectivity index (χ0) is 14.7. The van der Waals surface area contributed by atoms with E-state index in [0.29, 0.717) is 28.5 Å². The van der Waals surface area contributed by atoms with E-state index in [-0.39, 0.29) is 5.78 Å². The summed E-state index contributed by atoms with van der Waals surface area (Å²) in [5.74, 6) is 0.516. The van der Waals surface area contributed by atoms with Crippen LogP contribution in [0.2, 0.25) is 5.02 Å². The third kappa shape index (κ3) is 3.22. The minimum atomic E-state index is -0.0745. The number of hydrogen-bond donors (Lipinski definition) is 0. The molecule has 0 aromatic heterocycles. The molecule has 2 aromatic carbocycles. The zero-order valence-corrected chi connectivity index (χ0v) is 13.6. The predicted molar refractivity (Wildman–Crippen MR) is 84.9 cm³/mol. The highest BCUT2D eigenvalue weighted by atomic mass is 79.9. The van der Waals surface area contributed by atoms with E-state index >= 15 is 0 Å². The highest BCUT2D eigenvalue weighted by molar-refractivity contribution is 9.10. The van der Waals surface area contributed by atoms with Crippen molar-refractivity contribution in [2.45, 2.75) is 13.8 Å². The van der Waals surface area contributed by atoms with Crippen molar-refractivity contribution in [3.05, 3.63) is 62.6 Å². The van der Waals surface area contributed by atoms with Crippen molar-refractivity contribution in [3.63, 3.8) is 0 Å². The average molecular weight is 354 g/mol. The lowest BCUT2D eigenvalue weighted by molar-refractivity contribution is 0.103. The van der Waals surface area contributed by atoms with Crippen molar-refractivity contribution < 1.29 is 9.53 Å². The van der Waals surface area contributed by atoms with Crippen molar-refractivity contribution in [3.8, 4) is 5.75 Å². The van der Waals surface area contributed by atoms with Gasteiger partial charge in [0.1, 0.15) is 5.75 Å². The molecule has 0 saturated heterocycles. The first-order valence-corrected chi connectivity index (χ1v) is 7.43. The summed E-state index contributed by atoms with van der Waals surface area (Å²) in [5, 5.41) is 0.654. The Kier molecular flexibility index (Phi) is 4.84. The summed E-state index contributed by atoms with van der Waals surface area (Å²) in [7, 11) is 0. The topological polar surface area (TPSA) is 26.3 Å². The Bertz CT molecular complexity index is 653. The van der Waals surface area contributed by atoms with Crippen LogP contribution in [-0.4, -0.2) is 12.4 Å². The van der Waals surface area contributed by atoms with Gasteiger partial charge in [0.25, 0.3) is 0 Å². The molecule has 0 N–H and O–H groups in total. The first-order chi connectivity index (χ1) is 9.52. The third-order valence-corrected chi connectivity index (χ3v) is 3.82. The van der Waals surface area contributed by atoms with E-state index in [1.54, 1.807) is 30.3 Å². The molecular weight excluding hydrogens is 340 g/mol. The minimum Gasteiger partial charge on any atom is -0.493 e. The van der Waals surface area contributed by atoms with E-state index in [0.717, 1.165) is 10.0 Å². The molecule has 0 spiro atoms. The zero-order valence-electron chi connectivity index (χ0n) is 11.2. The molecule has 20 heavy (non-hydrogen) atoms. The number of aryl methyl sites for hydroxylation is 1. The molecule has 0 radical (unpaired) electrons. The molecule has 4 heteroatoms. The Morgan fingerprint density at radius 1 is 1.25 bits per heavy atom. The van der Waals surface area contributed by atoms with E-state index in [9.17, 15) is 4.79 Å². The fraction of sp³-hybridized carbons (Fsp3) is 0.188. The lowest BCUT2D eigenvalue weighted by atomic mass is 10.0. The molecule has 0 fully saturated rings. The highest BCUT2D eigenvalue weighted by Gasteiger charge is 2.16. The van der Waals surface area contributed by atoms with Crippen molar-refractivity contribution >= 4 is 33.3 Å². The van der Waals surface area contributed by atoms with Crippen LogP contribution < -0.4 is 4.74 Å². The van der Waals surface area contributed by atoms with Crippen LogP contribution in [0, 0.1) is 6.92 Å². The molecule has 2 nitrogen and oxygen atoms in total. The average Bonchev–Trinajstić information content (AvgIpc) is 2.43. The number of hydrogen-bond acceptors (Lipinski definition) is 2. The largest absolute Gasteiger partial charge is 0.493 e. The van der Waals surface area contributed by atoms with Gasteiger partial charge in [0.2, 0.25) is 0 Å². The molecule has 0 amide bonds. The van der Waals surface area contributed by atoms with Crippen LogP contribution in [0.4, 0.5) is 0 Å². The van der Waals surface area contributed by atoms with Crippen molar-refractivity contribution in [2.24, 2.45) is 0 Å². The number of carbonyl (C=O) groups excluding carboxylic acids is 1. The monoisotopic (exact) mass is 352 g/mol. The standard InChI is InChI=1S/C16H14BrClO2/c1-3-20-15-7-5-12(17)9-13(15)16(19)11-4-6-14(18)10(2)8-11/h4-9H,3H2,1-2H3. The maximum absolute atomic E-state index is 12.6. The molecule has 104 valence electrons. The third-order valence-electron chi connectivity index (χ3n) is 2.91. The van der Waals surface area contributed by atoms with Crippen LogP contribution >= 0.6 is 27.5 Å². The molecule has 2 rings (SSSR count). The molecule has 2 aromatic rings. The molecule has 0 bridgehead atoms. The van der Waals surface area contributed by atoms with Gasteiger partial charge in [-0.05, 0) is 55.8 Å². The van der Waals surface area contributed by atoms with Crippen molar-refractivity contribution in [1.29, 1.82) is 0 Å². The minimum absolute atomic E-state index is 0.0745. The Morgan fingerprint density at radius 3 is 2.65 bits per heavy atom. The SMILES string of the molecule is CCOc1ccc(Br)cc1C(=O)c1ccc(Cl)c(C)c1. The predicted octanol–water partition coefficient (Wildman–Crippen LogP) is 5.04. The van der Waals surface area contributed by atoms with Crippen LogP contribution in [0.5, 0.6) is 5.75 Å². The van der Waals surface area contributed by atoms with Crippen LogP contribution in [-0.2, 0) is 0 Å².